The zero-order chi connectivity index (χ0) is 23.1. The summed E-state index contributed by atoms with van der Waals surface area (Å²) >= 11 is 0. The van der Waals surface area contributed by atoms with Crippen LogP contribution < -0.4 is 14.8 Å². The van der Waals surface area contributed by atoms with Gasteiger partial charge in [-0.05, 0) is 43.9 Å². The first kappa shape index (κ1) is 23.7. The largest absolute Gasteiger partial charge is 0.493 e. The molecule has 0 saturated carbocycles. The van der Waals surface area contributed by atoms with Crippen LogP contribution in [0.25, 0.3) is 0 Å². The molecule has 0 spiro atoms. The van der Waals surface area contributed by atoms with Crippen LogP contribution in [0, 0.1) is 5.92 Å². The Morgan fingerprint density at radius 3 is 2.50 bits per heavy atom. The summed E-state index contributed by atoms with van der Waals surface area (Å²) in [5.41, 5.74) is 1.04. The fourth-order valence-corrected chi connectivity index (χ4v) is 4.20. The summed E-state index contributed by atoms with van der Waals surface area (Å²) < 4.78 is 15.6. The van der Waals surface area contributed by atoms with Crippen molar-refractivity contribution in [1.29, 1.82) is 0 Å². The predicted molar refractivity (Wildman–Crippen MR) is 118 cm³/mol. The Morgan fingerprint density at radius 1 is 1.12 bits per heavy atom. The molecule has 1 N–H and O–H groups in total. The lowest BCUT2D eigenvalue weighted by Gasteiger charge is -2.32. The smallest absolute Gasteiger partial charge is 0.409 e. The molecule has 1 aromatic rings. The first-order valence-corrected chi connectivity index (χ1v) is 11.2. The summed E-state index contributed by atoms with van der Waals surface area (Å²) in [6, 6.07) is 5.73. The van der Waals surface area contributed by atoms with Crippen molar-refractivity contribution in [2.45, 2.75) is 38.6 Å². The van der Waals surface area contributed by atoms with Gasteiger partial charge in [0.25, 0.3) is 0 Å². The summed E-state index contributed by atoms with van der Waals surface area (Å²) in [5.74, 6) is 0.905. The predicted octanol–water partition coefficient (Wildman–Crippen LogP) is 1.83. The van der Waals surface area contributed by atoms with Gasteiger partial charge in [0.2, 0.25) is 11.8 Å². The van der Waals surface area contributed by atoms with Gasteiger partial charge in [-0.15, -0.1) is 0 Å². The standard InChI is InChI=1S/C23H33N3O6/c1-4-32-23(29)25-11-8-18(9-12-25)24-22(28)17-14-21(27)26(15-17)10-7-16-5-6-19(30-2)20(13-16)31-3/h5-6,13,17-18H,4,7-12,14-15H2,1-3H3,(H,24,28). The van der Waals surface area contributed by atoms with Gasteiger partial charge in [-0.1, -0.05) is 6.07 Å². The van der Waals surface area contributed by atoms with E-state index in [4.69, 9.17) is 14.2 Å². The van der Waals surface area contributed by atoms with E-state index in [2.05, 4.69) is 5.32 Å². The topological polar surface area (TPSA) is 97.4 Å². The minimum atomic E-state index is -0.337. The fourth-order valence-electron chi connectivity index (χ4n) is 4.20. The van der Waals surface area contributed by atoms with Crippen LogP contribution >= 0.6 is 0 Å². The number of nitrogens with zero attached hydrogens (tertiary/aromatic N) is 2. The maximum Gasteiger partial charge on any atom is 0.409 e. The highest BCUT2D eigenvalue weighted by molar-refractivity contribution is 5.89. The first-order valence-electron chi connectivity index (χ1n) is 11.2. The van der Waals surface area contributed by atoms with Gasteiger partial charge in [-0.2, -0.15) is 0 Å². The van der Waals surface area contributed by atoms with Crippen molar-refractivity contribution in [3.05, 3.63) is 23.8 Å². The normalized spacial score (nSPS) is 19.1. The van der Waals surface area contributed by atoms with Crippen molar-refractivity contribution >= 4 is 17.9 Å². The van der Waals surface area contributed by atoms with Gasteiger partial charge in [0.05, 0.1) is 26.7 Å². The highest BCUT2D eigenvalue weighted by atomic mass is 16.6. The molecule has 0 bridgehead atoms. The second-order valence-electron chi connectivity index (χ2n) is 8.15. The van der Waals surface area contributed by atoms with Crippen LogP contribution in [0.4, 0.5) is 4.79 Å². The van der Waals surface area contributed by atoms with E-state index in [1.165, 1.54) is 0 Å². The van der Waals surface area contributed by atoms with Crippen LogP contribution in [-0.2, 0) is 20.7 Å². The van der Waals surface area contributed by atoms with Crippen LogP contribution in [0.2, 0.25) is 0 Å². The van der Waals surface area contributed by atoms with E-state index in [1.807, 2.05) is 18.2 Å². The molecule has 1 unspecified atom stereocenters. The lowest BCUT2D eigenvalue weighted by atomic mass is 10.0. The molecule has 2 heterocycles. The molecule has 2 aliphatic rings. The van der Waals surface area contributed by atoms with Crippen LogP contribution in [0.5, 0.6) is 11.5 Å². The maximum absolute atomic E-state index is 12.7. The first-order chi connectivity index (χ1) is 15.4. The van der Waals surface area contributed by atoms with E-state index in [0.717, 1.165) is 5.56 Å². The van der Waals surface area contributed by atoms with E-state index in [9.17, 15) is 14.4 Å². The number of ether oxygens (including phenoxy) is 3. The number of piperidine rings is 1. The van der Waals surface area contributed by atoms with Crippen LogP contribution in [0.3, 0.4) is 0 Å². The van der Waals surface area contributed by atoms with Crippen molar-refractivity contribution in [2.24, 2.45) is 5.92 Å². The Hall–Kier alpha value is -2.97. The lowest BCUT2D eigenvalue weighted by Crippen LogP contribution is -2.48. The molecule has 176 valence electrons. The summed E-state index contributed by atoms with van der Waals surface area (Å²) in [4.78, 5) is 40.4. The van der Waals surface area contributed by atoms with Gasteiger partial charge >= 0.3 is 6.09 Å². The molecule has 0 aromatic heterocycles. The summed E-state index contributed by atoms with van der Waals surface area (Å²) in [6.07, 6.45) is 1.98. The molecule has 2 saturated heterocycles. The average Bonchev–Trinajstić information content (AvgIpc) is 3.18. The Bertz CT molecular complexity index is 822. The third kappa shape index (κ3) is 5.83. The van der Waals surface area contributed by atoms with Crippen LogP contribution in [0.1, 0.15) is 31.7 Å². The Balaban J connectivity index is 1.45. The van der Waals surface area contributed by atoms with E-state index >= 15 is 0 Å². The van der Waals surface area contributed by atoms with Crippen molar-refractivity contribution in [2.75, 3.05) is 47.0 Å². The number of carbonyl (C=O) groups is 3. The number of rotatable bonds is 8. The minimum Gasteiger partial charge on any atom is -0.493 e. The molecule has 2 aliphatic heterocycles. The Labute approximate surface area is 189 Å². The fraction of sp³-hybridized carbons (Fsp3) is 0.609. The number of carbonyl (C=O) groups excluding carboxylic acids is 3. The van der Waals surface area contributed by atoms with Crippen molar-refractivity contribution < 1.29 is 28.6 Å². The molecular weight excluding hydrogens is 414 g/mol. The molecule has 2 fully saturated rings. The number of methoxy groups -OCH3 is 2. The third-order valence-electron chi connectivity index (χ3n) is 6.07. The Kier molecular flexibility index (Phi) is 8.19. The summed E-state index contributed by atoms with van der Waals surface area (Å²) in [6.45, 7) is 4.24. The van der Waals surface area contributed by atoms with E-state index in [-0.39, 0.29) is 36.3 Å². The van der Waals surface area contributed by atoms with Crippen LogP contribution in [0.15, 0.2) is 18.2 Å². The van der Waals surface area contributed by atoms with Crippen molar-refractivity contribution in [1.82, 2.24) is 15.1 Å². The summed E-state index contributed by atoms with van der Waals surface area (Å²) in [7, 11) is 3.19. The molecule has 1 atom stereocenters. The summed E-state index contributed by atoms with van der Waals surface area (Å²) in [5, 5.41) is 3.07. The van der Waals surface area contributed by atoms with Gasteiger partial charge in [-0.3, -0.25) is 9.59 Å². The van der Waals surface area contributed by atoms with Gasteiger partial charge in [0, 0.05) is 38.6 Å². The minimum absolute atomic E-state index is 0.00255. The molecule has 0 aliphatic carbocycles. The van der Waals surface area contributed by atoms with E-state index in [0.29, 0.717) is 63.5 Å². The lowest BCUT2D eigenvalue weighted by molar-refractivity contribution is -0.129. The second kappa shape index (κ2) is 11.1. The number of hydrogen-bond donors (Lipinski definition) is 1. The second-order valence-corrected chi connectivity index (χ2v) is 8.15. The molecule has 9 nitrogen and oxygen atoms in total. The highest BCUT2D eigenvalue weighted by Gasteiger charge is 2.35. The number of benzene rings is 1. The zero-order valence-corrected chi connectivity index (χ0v) is 19.1. The Morgan fingerprint density at radius 2 is 1.84 bits per heavy atom. The third-order valence-corrected chi connectivity index (χ3v) is 6.07. The SMILES string of the molecule is CCOC(=O)N1CCC(NC(=O)C2CC(=O)N(CCc3ccc(OC)c(OC)c3)C2)CC1. The van der Waals surface area contributed by atoms with Gasteiger partial charge in [-0.25, -0.2) is 4.79 Å². The molecular formula is C23H33N3O6. The highest BCUT2D eigenvalue weighted by Crippen LogP contribution is 2.28. The van der Waals surface area contributed by atoms with E-state index < -0.39 is 0 Å². The van der Waals surface area contributed by atoms with Gasteiger partial charge < -0.3 is 29.3 Å². The molecule has 3 amide bonds. The number of amides is 3. The molecule has 9 heteroatoms. The quantitative estimate of drug-likeness (QED) is 0.653. The van der Waals surface area contributed by atoms with E-state index in [1.54, 1.807) is 30.9 Å². The molecule has 32 heavy (non-hydrogen) atoms. The molecule has 1 aromatic carbocycles. The monoisotopic (exact) mass is 447 g/mol. The zero-order valence-electron chi connectivity index (χ0n) is 19.1. The number of likely N-dealkylation sites (tertiary alicyclic amines) is 2. The number of nitrogens with one attached hydrogen (secondary N) is 1. The van der Waals surface area contributed by atoms with Crippen molar-refractivity contribution in [3.8, 4) is 11.5 Å². The van der Waals surface area contributed by atoms with Crippen LogP contribution in [-0.4, -0.2) is 80.8 Å². The molecule has 0 radical (unpaired) electrons. The van der Waals surface area contributed by atoms with Crippen molar-refractivity contribution in [3.63, 3.8) is 0 Å². The average molecular weight is 448 g/mol. The van der Waals surface area contributed by atoms with Gasteiger partial charge in [0.15, 0.2) is 11.5 Å². The maximum atomic E-state index is 12.7. The number of hydrogen-bond acceptors (Lipinski definition) is 6. The van der Waals surface area contributed by atoms with Gasteiger partial charge in [0.1, 0.15) is 0 Å². The molecule has 3 rings (SSSR count).